The predicted octanol–water partition coefficient (Wildman–Crippen LogP) is 4.69. The molecule has 5 nitrogen and oxygen atoms in total. The summed E-state index contributed by atoms with van der Waals surface area (Å²) in [5.74, 6) is 0.425. The molecule has 3 heterocycles. The third-order valence-corrected chi connectivity index (χ3v) is 6.01. The highest BCUT2D eigenvalue weighted by atomic mass is 35.5. The maximum absolute atomic E-state index is 13.3. The van der Waals surface area contributed by atoms with Gasteiger partial charge in [-0.15, -0.1) is 0 Å². The minimum absolute atomic E-state index is 0.149. The van der Waals surface area contributed by atoms with Crippen LogP contribution in [0.2, 0.25) is 5.02 Å². The minimum Gasteiger partial charge on any atom is -0.453 e. The van der Waals surface area contributed by atoms with Crippen LogP contribution in [0.25, 0.3) is 0 Å². The Labute approximate surface area is 172 Å². The number of fused-ring (bicyclic) bond motifs is 6. The molecule has 1 spiro atoms. The molecule has 0 radical (unpaired) electrons. The highest BCUT2D eigenvalue weighted by Crippen LogP contribution is 2.54. The van der Waals surface area contributed by atoms with Crippen LogP contribution in [-0.2, 0) is 10.5 Å². The van der Waals surface area contributed by atoms with Gasteiger partial charge in [0.2, 0.25) is 0 Å². The van der Waals surface area contributed by atoms with E-state index in [9.17, 15) is 4.79 Å². The summed E-state index contributed by atoms with van der Waals surface area (Å²) in [4.78, 5) is 13.3. The van der Waals surface area contributed by atoms with Crippen molar-refractivity contribution in [3.8, 4) is 5.75 Å². The molecule has 3 aliphatic heterocycles. The van der Waals surface area contributed by atoms with E-state index in [4.69, 9.17) is 21.4 Å². The van der Waals surface area contributed by atoms with Gasteiger partial charge < -0.3 is 10.1 Å². The second-order valence-corrected chi connectivity index (χ2v) is 7.84. The quantitative estimate of drug-likeness (QED) is 0.643. The van der Waals surface area contributed by atoms with E-state index in [0.717, 1.165) is 28.1 Å². The molecule has 0 aromatic heterocycles. The van der Waals surface area contributed by atoms with Crippen molar-refractivity contribution in [3.63, 3.8) is 0 Å². The van der Waals surface area contributed by atoms with E-state index >= 15 is 0 Å². The number of nitrogens with one attached hydrogen (secondary N) is 1. The summed E-state index contributed by atoms with van der Waals surface area (Å²) in [5, 5.41) is 10.3. The third kappa shape index (κ3) is 2.22. The first-order chi connectivity index (χ1) is 14.2. The molecule has 6 heteroatoms. The molecule has 0 saturated carbocycles. The zero-order valence-electron chi connectivity index (χ0n) is 15.3. The van der Waals surface area contributed by atoms with Gasteiger partial charge in [-0.25, -0.2) is 5.01 Å². The summed E-state index contributed by atoms with van der Waals surface area (Å²) >= 11 is 6.29. The van der Waals surface area contributed by atoms with Gasteiger partial charge >= 0.3 is 5.72 Å². The highest BCUT2D eigenvalue weighted by molar-refractivity contribution is 6.30. The molecule has 29 heavy (non-hydrogen) atoms. The molecule has 3 aliphatic rings. The largest absolute Gasteiger partial charge is 0.453 e. The van der Waals surface area contributed by atoms with E-state index < -0.39 is 5.72 Å². The number of hydrogen-bond donors (Lipinski definition) is 1. The summed E-state index contributed by atoms with van der Waals surface area (Å²) in [6.07, 6.45) is 0.665. The number of anilines is 1. The molecule has 3 aromatic carbocycles. The number of ether oxygens (including phenoxy) is 1. The van der Waals surface area contributed by atoms with E-state index in [2.05, 4.69) is 5.32 Å². The number of hydrazone groups is 1. The third-order valence-electron chi connectivity index (χ3n) is 5.78. The van der Waals surface area contributed by atoms with Crippen LogP contribution in [0, 0.1) is 0 Å². The van der Waals surface area contributed by atoms with Gasteiger partial charge in [-0.1, -0.05) is 60.1 Å². The van der Waals surface area contributed by atoms with E-state index in [1.54, 1.807) is 6.07 Å². The average Bonchev–Trinajstić information content (AvgIpc) is 3.31. The van der Waals surface area contributed by atoms with Crippen LogP contribution in [0.5, 0.6) is 5.75 Å². The Kier molecular flexibility index (Phi) is 3.35. The summed E-state index contributed by atoms with van der Waals surface area (Å²) in [6.45, 7) is 0. The number of rotatable bonds is 1. The number of carbonyl (C=O) groups excluding carboxylic acids is 1. The van der Waals surface area contributed by atoms with Gasteiger partial charge in [0.05, 0.1) is 23.0 Å². The number of carbonyl (C=O) groups is 1. The first kappa shape index (κ1) is 16.6. The van der Waals surface area contributed by atoms with Gasteiger partial charge in [0.25, 0.3) is 5.91 Å². The monoisotopic (exact) mass is 401 g/mol. The van der Waals surface area contributed by atoms with Gasteiger partial charge in [-0.2, -0.15) is 5.10 Å². The van der Waals surface area contributed by atoms with Crippen molar-refractivity contribution in [2.45, 2.75) is 18.2 Å². The Morgan fingerprint density at radius 2 is 1.86 bits per heavy atom. The number of halogens is 1. The lowest BCUT2D eigenvalue weighted by Gasteiger charge is -2.44. The lowest BCUT2D eigenvalue weighted by molar-refractivity contribution is -0.161. The average molecular weight is 402 g/mol. The molecular weight excluding hydrogens is 386 g/mol. The highest BCUT2D eigenvalue weighted by Gasteiger charge is 2.60. The summed E-state index contributed by atoms with van der Waals surface area (Å²) < 4.78 is 6.42. The van der Waals surface area contributed by atoms with Gasteiger partial charge in [0.1, 0.15) is 5.75 Å². The second kappa shape index (κ2) is 5.84. The number of hydrogen-bond acceptors (Lipinski definition) is 4. The normalized spacial score (nSPS) is 23.8. The molecule has 3 aromatic rings. The Hall–Kier alpha value is -3.31. The molecule has 1 amide bonds. The lowest BCUT2D eigenvalue weighted by Crippen LogP contribution is -2.55. The van der Waals surface area contributed by atoms with Crippen molar-refractivity contribution in [3.05, 3.63) is 94.5 Å². The maximum Gasteiger partial charge on any atom is 0.306 e. The minimum atomic E-state index is -1.33. The van der Waals surface area contributed by atoms with Crippen LogP contribution in [-0.4, -0.2) is 16.6 Å². The molecular formula is C23H16ClN3O2. The zero-order chi connectivity index (χ0) is 19.6. The molecule has 0 saturated heterocycles. The number of para-hydroxylation sites is 1. The van der Waals surface area contributed by atoms with Crippen molar-refractivity contribution in [1.29, 1.82) is 0 Å². The first-order valence-electron chi connectivity index (χ1n) is 9.48. The molecule has 0 fully saturated rings. The Balaban J connectivity index is 1.59. The topological polar surface area (TPSA) is 53.9 Å². The van der Waals surface area contributed by atoms with E-state index in [0.29, 0.717) is 17.2 Å². The van der Waals surface area contributed by atoms with Gasteiger partial charge in [-0.3, -0.25) is 4.79 Å². The van der Waals surface area contributed by atoms with Crippen LogP contribution < -0.4 is 10.1 Å². The van der Waals surface area contributed by atoms with Crippen molar-refractivity contribution in [2.24, 2.45) is 5.10 Å². The van der Waals surface area contributed by atoms with Crippen molar-refractivity contribution >= 4 is 28.9 Å². The summed E-state index contributed by atoms with van der Waals surface area (Å²) in [6, 6.07) is 23.0. The van der Waals surface area contributed by atoms with E-state index in [-0.39, 0.29) is 11.9 Å². The Bertz CT molecular complexity index is 1190. The maximum atomic E-state index is 13.3. The molecule has 0 aliphatic carbocycles. The van der Waals surface area contributed by atoms with Gasteiger partial charge in [0, 0.05) is 17.0 Å². The van der Waals surface area contributed by atoms with Crippen LogP contribution in [0.3, 0.4) is 0 Å². The summed E-state index contributed by atoms with van der Waals surface area (Å²) in [5.41, 5.74) is 3.08. The predicted molar refractivity (Wildman–Crippen MR) is 111 cm³/mol. The lowest BCUT2D eigenvalue weighted by atomic mass is 9.92. The fourth-order valence-electron chi connectivity index (χ4n) is 4.47. The number of nitrogens with zero attached hydrogens (tertiary/aromatic N) is 2. The van der Waals surface area contributed by atoms with Crippen LogP contribution in [0.1, 0.15) is 29.2 Å². The Morgan fingerprint density at radius 1 is 1.07 bits per heavy atom. The van der Waals surface area contributed by atoms with E-state index in [1.807, 2.05) is 71.7 Å². The fraction of sp³-hybridized carbons (Fsp3) is 0.130. The van der Waals surface area contributed by atoms with Crippen molar-refractivity contribution in [1.82, 2.24) is 5.01 Å². The van der Waals surface area contributed by atoms with Crippen LogP contribution >= 0.6 is 11.6 Å². The zero-order valence-corrected chi connectivity index (χ0v) is 16.1. The second-order valence-electron chi connectivity index (χ2n) is 7.41. The van der Waals surface area contributed by atoms with Crippen LogP contribution in [0.15, 0.2) is 77.9 Å². The number of benzene rings is 3. The first-order valence-corrected chi connectivity index (χ1v) is 9.86. The van der Waals surface area contributed by atoms with Gasteiger partial charge in [0.15, 0.2) is 0 Å². The molecule has 2 atom stereocenters. The van der Waals surface area contributed by atoms with Crippen LogP contribution in [0.4, 0.5) is 5.69 Å². The molecule has 0 unspecified atom stereocenters. The molecule has 142 valence electrons. The SMILES string of the molecule is O=C1Nc2ccccc2[C@@]12Oc1ccc(Cl)cc1[C@@H]1CC(c3ccccc3)=NN12. The molecule has 0 bridgehead atoms. The fourth-order valence-corrected chi connectivity index (χ4v) is 4.65. The summed E-state index contributed by atoms with van der Waals surface area (Å²) in [7, 11) is 0. The standard InChI is InChI=1S/C23H16ClN3O2/c24-15-10-11-21-16(12-15)20-13-19(14-6-2-1-3-7-14)26-27(20)23(29-21)17-8-4-5-9-18(17)25-22(23)28/h1-12,20H,13H2,(H,25,28)/t20-,23+/m0/s1. The van der Waals surface area contributed by atoms with Gasteiger partial charge in [-0.05, 0) is 29.8 Å². The number of amides is 1. The smallest absolute Gasteiger partial charge is 0.306 e. The molecule has 1 N–H and O–H groups in total. The molecule has 6 rings (SSSR count). The van der Waals surface area contributed by atoms with Crippen molar-refractivity contribution in [2.75, 3.05) is 5.32 Å². The van der Waals surface area contributed by atoms with E-state index in [1.165, 1.54) is 0 Å². The Morgan fingerprint density at radius 3 is 2.72 bits per heavy atom. The van der Waals surface area contributed by atoms with Crippen molar-refractivity contribution < 1.29 is 9.53 Å².